The number of benzene rings is 1. The first-order valence-electron chi connectivity index (χ1n) is 6.07. The minimum Gasteiger partial charge on any atom is -0.345 e. The fourth-order valence-corrected chi connectivity index (χ4v) is 2.79. The molecule has 1 atom stereocenters. The normalized spacial score (nSPS) is 20.0. The molecule has 0 radical (unpaired) electrons. The summed E-state index contributed by atoms with van der Waals surface area (Å²) in [5.41, 5.74) is 9.95. The van der Waals surface area contributed by atoms with Crippen molar-refractivity contribution in [1.29, 1.82) is 0 Å². The molecule has 1 unspecified atom stereocenters. The van der Waals surface area contributed by atoms with Crippen molar-refractivity contribution < 1.29 is 0 Å². The summed E-state index contributed by atoms with van der Waals surface area (Å²) >= 11 is 0. The fourth-order valence-electron chi connectivity index (χ4n) is 2.79. The van der Waals surface area contributed by atoms with Crippen LogP contribution in [0.4, 0.5) is 0 Å². The molecule has 1 aromatic heterocycles. The first kappa shape index (κ1) is 9.91. The molecule has 1 aromatic carbocycles. The van der Waals surface area contributed by atoms with Crippen LogP contribution >= 0.6 is 0 Å². The molecule has 2 aromatic rings. The number of nitrogens with zero attached hydrogens (tertiary/aromatic N) is 1. The molecule has 0 amide bonds. The second-order valence-electron chi connectivity index (χ2n) is 4.94. The van der Waals surface area contributed by atoms with Crippen LogP contribution in [0.2, 0.25) is 0 Å². The Morgan fingerprint density at radius 3 is 3.06 bits per heavy atom. The van der Waals surface area contributed by atoms with E-state index in [9.17, 15) is 0 Å². The molecule has 2 heterocycles. The zero-order valence-corrected chi connectivity index (χ0v) is 9.74. The number of aromatic nitrogens is 1. The van der Waals surface area contributed by atoms with Gasteiger partial charge in [-0.05, 0) is 50.4 Å². The van der Waals surface area contributed by atoms with E-state index in [1.807, 2.05) is 0 Å². The van der Waals surface area contributed by atoms with E-state index in [1.54, 1.807) is 0 Å². The summed E-state index contributed by atoms with van der Waals surface area (Å²) in [6, 6.07) is 9.06. The van der Waals surface area contributed by atoms with E-state index in [2.05, 4.69) is 35.8 Å². The largest absolute Gasteiger partial charge is 0.345 e. The van der Waals surface area contributed by atoms with Gasteiger partial charge in [0.05, 0.1) is 0 Å². The lowest BCUT2D eigenvalue weighted by Crippen LogP contribution is -2.24. The van der Waals surface area contributed by atoms with Gasteiger partial charge in [-0.15, -0.1) is 0 Å². The Bertz CT molecular complexity index is 525. The molecule has 1 aliphatic heterocycles. The van der Waals surface area contributed by atoms with Crippen molar-refractivity contribution in [2.24, 2.45) is 11.7 Å². The van der Waals surface area contributed by atoms with Crippen molar-refractivity contribution in [2.75, 3.05) is 6.54 Å². The molecule has 2 N–H and O–H groups in total. The summed E-state index contributed by atoms with van der Waals surface area (Å²) in [7, 11) is 0. The van der Waals surface area contributed by atoms with Crippen molar-refractivity contribution in [1.82, 2.24) is 4.57 Å². The van der Waals surface area contributed by atoms with E-state index in [4.69, 9.17) is 5.73 Å². The van der Waals surface area contributed by atoms with Gasteiger partial charge < -0.3 is 10.3 Å². The molecule has 0 saturated heterocycles. The summed E-state index contributed by atoms with van der Waals surface area (Å²) < 4.78 is 2.46. The van der Waals surface area contributed by atoms with E-state index in [-0.39, 0.29) is 0 Å². The standard InChI is InChI=1S/C14H18N2/c1-10-2-3-14-12(6-10)8-13-7-11(9-15)4-5-16(13)14/h2-3,6,8,11H,4-5,7,9,15H2,1H3. The molecule has 0 aliphatic carbocycles. The van der Waals surface area contributed by atoms with E-state index >= 15 is 0 Å². The maximum atomic E-state index is 5.77. The molecule has 0 spiro atoms. The molecule has 0 fully saturated rings. The Hall–Kier alpha value is -1.28. The lowest BCUT2D eigenvalue weighted by Gasteiger charge is -2.23. The number of fused-ring (bicyclic) bond motifs is 3. The van der Waals surface area contributed by atoms with Crippen LogP contribution in [-0.2, 0) is 13.0 Å². The SMILES string of the molecule is Cc1ccc2c(c1)cc1n2CCC(CN)C1. The monoisotopic (exact) mass is 214 g/mol. The Balaban J connectivity index is 2.12. The molecule has 2 heteroatoms. The third kappa shape index (κ3) is 1.45. The van der Waals surface area contributed by atoms with Gasteiger partial charge in [-0.3, -0.25) is 0 Å². The van der Waals surface area contributed by atoms with Crippen LogP contribution in [0.5, 0.6) is 0 Å². The Kier molecular flexibility index (Phi) is 2.25. The van der Waals surface area contributed by atoms with Gasteiger partial charge in [0, 0.05) is 23.1 Å². The highest BCUT2D eigenvalue weighted by atomic mass is 15.0. The van der Waals surface area contributed by atoms with Crippen molar-refractivity contribution >= 4 is 10.9 Å². The van der Waals surface area contributed by atoms with Crippen LogP contribution < -0.4 is 5.73 Å². The van der Waals surface area contributed by atoms with Gasteiger partial charge in [0.2, 0.25) is 0 Å². The van der Waals surface area contributed by atoms with Gasteiger partial charge in [0.1, 0.15) is 0 Å². The zero-order chi connectivity index (χ0) is 11.1. The molecule has 3 rings (SSSR count). The molecule has 16 heavy (non-hydrogen) atoms. The third-order valence-electron chi connectivity index (χ3n) is 3.73. The van der Waals surface area contributed by atoms with Crippen LogP contribution in [0.1, 0.15) is 17.7 Å². The van der Waals surface area contributed by atoms with Crippen LogP contribution in [-0.4, -0.2) is 11.1 Å². The van der Waals surface area contributed by atoms with E-state index in [0.717, 1.165) is 19.5 Å². The van der Waals surface area contributed by atoms with Gasteiger partial charge in [0.15, 0.2) is 0 Å². The van der Waals surface area contributed by atoms with Gasteiger partial charge >= 0.3 is 0 Å². The number of hydrogen-bond donors (Lipinski definition) is 1. The lowest BCUT2D eigenvalue weighted by molar-refractivity contribution is 0.402. The molecule has 0 bridgehead atoms. The summed E-state index contributed by atoms with van der Waals surface area (Å²) in [5.74, 6) is 0.679. The third-order valence-corrected chi connectivity index (χ3v) is 3.73. The van der Waals surface area contributed by atoms with Crippen molar-refractivity contribution in [3.8, 4) is 0 Å². The van der Waals surface area contributed by atoms with E-state index in [1.165, 1.54) is 28.6 Å². The number of rotatable bonds is 1. The molecule has 2 nitrogen and oxygen atoms in total. The number of hydrogen-bond acceptors (Lipinski definition) is 1. The van der Waals surface area contributed by atoms with Crippen LogP contribution in [0.15, 0.2) is 24.3 Å². The summed E-state index contributed by atoms with van der Waals surface area (Å²) in [6.07, 6.45) is 2.37. The van der Waals surface area contributed by atoms with Crippen molar-refractivity contribution in [3.05, 3.63) is 35.5 Å². The van der Waals surface area contributed by atoms with Gasteiger partial charge in [-0.2, -0.15) is 0 Å². The van der Waals surface area contributed by atoms with Gasteiger partial charge in [-0.1, -0.05) is 11.6 Å². The minimum atomic E-state index is 0.679. The highest BCUT2D eigenvalue weighted by molar-refractivity contribution is 5.82. The number of nitrogens with two attached hydrogens (primary N) is 1. The van der Waals surface area contributed by atoms with Gasteiger partial charge in [-0.25, -0.2) is 0 Å². The van der Waals surface area contributed by atoms with Gasteiger partial charge in [0.25, 0.3) is 0 Å². The van der Waals surface area contributed by atoms with Crippen LogP contribution in [0.25, 0.3) is 10.9 Å². The molecular formula is C14H18N2. The number of aryl methyl sites for hydroxylation is 2. The van der Waals surface area contributed by atoms with E-state index in [0.29, 0.717) is 5.92 Å². The Labute approximate surface area is 96.1 Å². The smallest absolute Gasteiger partial charge is 0.0482 e. The summed E-state index contributed by atoms with van der Waals surface area (Å²) in [4.78, 5) is 0. The first-order chi connectivity index (χ1) is 7.78. The van der Waals surface area contributed by atoms with Crippen molar-refractivity contribution in [3.63, 3.8) is 0 Å². The lowest BCUT2D eigenvalue weighted by atomic mass is 9.96. The summed E-state index contributed by atoms with van der Waals surface area (Å²) in [6.45, 7) is 4.10. The quantitative estimate of drug-likeness (QED) is 0.776. The zero-order valence-electron chi connectivity index (χ0n) is 9.74. The second kappa shape index (κ2) is 3.63. The van der Waals surface area contributed by atoms with Crippen molar-refractivity contribution in [2.45, 2.75) is 26.3 Å². The molecular weight excluding hydrogens is 196 g/mol. The molecule has 1 aliphatic rings. The highest BCUT2D eigenvalue weighted by Gasteiger charge is 2.19. The maximum absolute atomic E-state index is 5.77. The minimum absolute atomic E-state index is 0.679. The van der Waals surface area contributed by atoms with E-state index < -0.39 is 0 Å². The Morgan fingerprint density at radius 1 is 1.38 bits per heavy atom. The molecule has 84 valence electrons. The topological polar surface area (TPSA) is 30.9 Å². The summed E-state index contributed by atoms with van der Waals surface area (Å²) in [5, 5.41) is 1.38. The highest BCUT2D eigenvalue weighted by Crippen LogP contribution is 2.28. The average molecular weight is 214 g/mol. The maximum Gasteiger partial charge on any atom is 0.0482 e. The van der Waals surface area contributed by atoms with Crippen LogP contribution in [0, 0.1) is 12.8 Å². The molecule has 0 saturated carbocycles. The predicted molar refractivity (Wildman–Crippen MR) is 67.5 cm³/mol. The predicted octanol–water partition coefficient (Wildman–Crippen LogP) is 2.47. The van der Waals surface area contributed by atoms with Crippen LogP contribution in [0.3, 0.4) is 0 Å². The fraction of sp³-hybridized carbons (Fsp3) is 0.429. The Morgan fingerprint density at radius 2 is 2.25 bits per heavy atom. The average Bonchev–Trinajstić information content (AvgIpc) is 2.64. The first-order valence-corrected chi connectivity index (χ1v) is 6.07. The second-order valence-corrected chi connectivity index (χ2v) is 4.94.